The quantitative estimate of drug-likeness (QED) is 0.143. The van der Waals surface area contributed by atoms with Gasteiger partial charge in [-0.1, -0.05) is 23.7 Å². The molecule has 0 saturated carbocycles. The van der Waals surface area contributed by atoms with Gasteiger partial charge in [0.1, 0.15) is 11.6 Å². The molecule has 0 unspecified atom stereocenters. The molecule has 36 heavy (non-hydrogen) atoms. The molecule has 182 valence electrons. The van der Waals surface area contributed by atoms with Crippen molar-refractivity contribution in [2.45, 2.75) is 0 Å². The number of carbonyl (C=O) groups is 1. The summed E-state index contributed by atoms with van der Waals surface area (Å²) in [4.78, 5) is 33.4. The molecule has 0 atom stereocenters. The minimum atomic E-state index is -0.809. The average Bonchev–Trinajstić information content (AvgIpc) is 2.85. The van der Waals surface area contributed by atoms with Crippen LogP contribution in [0.25, 0.3) is 6.08 Å². The molecule has 0 bridgehead atoms. The fraction of sp³-hybridized carbons (Fsp3) is 0.0435. The predicted octanol–water partition coefficient (Wildman–Crippen LogP) is 6.27. The van der Waals surface area contributed by atoms with Gasteiger partial charge in [0, 0.05) is 6.07 Å². The maximum atomic E-state index is 12.6. The molecule has 3 aromatic rings. The first-order chi connectivity index (χ1) is 17.1. The number of hydrogen-bond donors (Lipinski definition) is 1. The third kappa shape index (κ3) is 5.96. The summed E-state index contributed by atoms with van der Waals surface area (Å²) in [6.45, 7) is 0. The lowest BCUT2D eigenvalue weighted by Gasteiger charge is -2.13. The molecule has 0 aliphatic heterocycles. The molecule has 0 heterocycles. The van der Waals surface area contributed by atoms with E-state index < -0.39 is 27.1 Å². The third-order valence-electron chi connectivity index (χ3n) is 4.61. The number of non-ortho nitro benzene ring substituents is 1. The van der Waals surface area contributed by atoms with Crippen molar-refractivity contribution < 1.29 is 24.1 Å². The lowest BCUT2D eigenvalue weighted by Crippen LogP contribution is -2.13. The van der Waals surface area contributed by atoms with Crippen molar-refractivity contribution in [3.8, 4) is 23.3 Å². The number of amides is 1. The Bertz CT molecular complexity index is 1450. The van der Waals surface area contributed by atoms with Crippen molar-refractivity contribution in [1.29, 1.82) is 5.26 Å². The second-order valence-corrected chi connectivity index (χ2v) is 8.17. The highest BCUT2D eigenvalue weighted by molar-refractivity contribution is 9.10. The monoisotopic (exact) mass is 572 g/mol. The zero-order valence-corrected chi connectivity index (χ0v) is 20.6. The Labute approximate surface area is 216 Å². The van der Waals surface area contributed by atoms with Crippen LogP contribution < -0.4 is 14.8 Å². The lowest BCUT2D eigenvalue weighted by molar-refractivity contribution is -0.394. The van der Waals surface area contributed by atoms with Gasteiger partial charge < -0.3 is 14.8 Å². The maximum Gasteiger partial charge on any atom is 0.318 e. The summed E-state index contributed by atoms with van der Waals surface area (Å²) in [6, 6.07) is 14.2. The van der Waals surface area contributed by atoms with Crippen LogP contribution in [0.5, 0.6) is 17.2 Å². The summed E-state index contributed by atoms with van der Waals surface area (Å²) in [5.41, 5.74) is -0.624. The first kappa shape index (κ1) is 26.1. The van der Waals surface area contributed by atoms with Crippen LogP contribution in [0.1, 0.15) is 5.56 Å². The first-order valence-electron chi connectivity index (χ1n) is 9.80. The Kier molecular flexibility index (Phi) is 8.21. The Balaban J connectivity index is 1.96. The van der Waals surface area contributed by atoms with Crippen LogP contribution in [-0.4, -0.2) is 22.9 Å². The molecule has 11 nitrogen and oxygen atoms in total. The highest BCUT2D eigenvalue weighted by atomic mass is 79.9. The Morgan fingerprint density at radius 3 is 2.44 bits per heavy atom. The third-order valence-corrected chi connectivity index (χ3v) is 5.53. The number of carbonyl (C=O) groups excluding carboxylic acids is 1. The SMILES string of the molecule is COc1cc(/C=C(\C#N)C(=O)Nc2ccccc2Cl)cc(Br)c1Oc1ccc([N+](=O)[O-])cc1[N+](=O)[O-]. The van der Waals surface area contributed by atoms with Gasteiger partial charge in [-0.15, -0.1) is 0 Å². The molecule has 1 amide bonds. The van der Waals surface area contributed by atoms with Crippen LogP contribution in [0.3, 0.4) is 0 Å². The van der Waals surface area contributed by atoms with E-state index in [-0.39, 0.29) is 27.3 Å². The number of para-hydroxylation sites is 1. The van der Waals surface area contributed by atoms with Crippen molar-refractivity contribution in [3.05, 3.63) is 95.5 Å². The molecule has 0 fully saturated rings. The number of ether oxygens (including phenoxy) is 2. The molecule has 0 aromatic heterocycles. The first-order valence-corrected chi connectivity index (χ1v) is 11.0. The van der Waals surface area contributed by atoms with Crippen molar-refractivity contribution in [2.24, 2.45) is 0 Å². The second-order valence-electron chi connectivity index (χ2n) is 6.91. The van der Waals surface area contributed by atoms with E-state index in [9.17, 15) is 30.3 Å². The normalized spacial score (nSPS) is 10.8. The van der Waals surface area contributed by atoms with Gasteiger partial charge in [-0.05, 0) is 57.9 Å². The van der Waals surface area contributed by atoms with Gasteiger partial charge in [0.25, 0.3) is 11.6 Å². The zero-order chi connectivity index (χ0) is 26.4. The number of hydrogen-bond acceptors (Lipinski definition) is 8. The van der Waals surface area contributed by atoms with Crippen LogP contribution >= 0.6 is 27.5 Å². The highest BCUT2D eigenvalue weighted by Crippen LogP contribution is 2.43. The van der Waals surface area contributed by atoms with Gasteiger partial charge in [0.2, 0.25) is 5.75 Å². The molecule has 3 rings (SSSR count). The van der Waals surface area contributed by atoms with Gasteiger partial charge in [-0.2, -0.15) is 5.26 Å². The molecule has 13 heteroatoms. The maximum absolute atomic E-state index is 12.6. The topological polar surface area (TPSA) is 158 Å². The zero-order valence-electron chi connectivity index (χ0n) is 18.2. The number of nitro groups is 2. The van der Waals surface area contributed by atoms with E-state index in [1.54, 1.807) is 24.3 Å². The minimum Gasteiger partial charge on any atom is -0.493 e. The van der Waals surface area contributed by atoms with E-state index in [0.717, 1.165) is 18.2 Å². The number of nitrogens with zero attached hydrogens (tertiary/aromatic N) is 3. The minimum absolute atomic E-state index is 0.0330. The summed E-state index contributed by atoms with van der Waals surface area (Å²) in [7, 11) is 1.32. The van der Waals surface area contributed by atoms with Gasteiger partial charge >= 0.3 is 5.69 Å². The summed E-state index contributed by atoms with van der Waals surface area (Å²) >= 11 is 9.34. The van der Waals surface area contributed by atoms with E-state index in [2.05, 4.69) is 21.2 Å². The van der Waals surface area contributed by atoms with Crippen LogP contribution in [-0.2, 0) is 4.79 Å². The lowest BCUT2D eigenvalue weighted by atomic mass is 10.1. The second kappa shape index (κ2) is 11.3. The number of rotatable bonds is 8. The average molecular weight is 574 g/mol. The fourth-order valence-electron chi connectivity index (χ4n) is 2.95. The van der Waals surface area contributed by atoms with Crippen LogP contribution in [0.2, 0.25) is 5.02 Å². The number of nitro benzene ring substituents is 2. The summed E-state index contributed by atoms with van der Waals surface area (Å²) in [5.74, 6) is -0.815. The van der Waals surface area contributed by atoms with Gasteiger partial charge in [0.05, 0.1) is 38.2 Å². The molecule has 0 aliphatic rings. The van der Waals surface area contributed by atoms with Gasteiger partial charge in [-0.3, -0.25) is 25.0 Å². The summed E-state index contributed by atoms with van der Waals surface area (Å²) in [5, 5.41) is 34.8. The molecule has 0 radical (unpaired) electrons. The number of halogens is 2. The Hall–Kier alpha value is -4.47. The van der Waals surface area contributed by atoms with Gasteiger partial charge in [-0.25, -0.2) is 0 Å². The van der Waals surface area contributed by atoms with Crippen LogP contribution in [0, 0.1) is 31.6 Å². The number of methoxy groups -OCH3 is 1. The number of benzene rings is 3. The van der Waals surface area contributed by atoms with E-state index in [4.69, 9.17) is 21.1 Å². The van der Waals surface area contributed by atoms with Crippen LogP contribution in [0.4, 0.5) is 17.1 Å². The van der Waals surface area contributed by atoms with E-state index in [0.29, 0.717) is 16.3 Å². The number of nitrogens with one attached hydrogen (secondary N) is 1. The van der Waals surface area contributed by atoms with E-state index in [1.165, 1.54) is 25.3 Å². The van der Waals surface area contributed by atoms with Crippen molar-refractivity contribution >= 4 is 56.6 Å². The number of nitriles is 1. The molecule has 0 spiro atoms. The molecular weight excluding hydrogens is 560 g/mol. The Morgan fingerprint density at radius 1 is 1.11 bits per heavy atom. The molecule has 0 saturated heterocycles. The summed E-state index contributed by atoms with van der Waals surface area (Å²) < 4.78 is 11.3. The number of anilines is 1. The van der Waals surface area contributed by atoms with E-state index >= 15 is 0 Å². The Morgan fingerprint density at radius 2 is 1.83 bits per heavy atom. The standard InChI is InChI=1S/C23H14BrClN4O7/c1-35-21-10-13(8-14(12-26)23(30)27-18-5-3-2-4-17(18)25)9-16(24)22(21)36-20-7-6-15(28(31)32)11-19(20)29(33)34/h2-11H,1H3,(H,27,30)/b14-8+. The van der Waals surface area contributed by atoms with Crippen molar-refractivity contribution in [3.63, 3.8) is 0 Å². The fourth-order valence-corrected chi connectivity index (χ4v) is 3.67. The largest absolute Gasteiger partial charge is 0.493 e. The summed E-state index contributed by atoms with van der Waals surface area (Å²) in [6.07, 6.45) is 1.30. The highest BCUT2D eigenvalue weighted by Gasteiger charge is 2.23. The van der Waals surface area contributed by atoms with Gasteiger partial charge in [0.15, 0.2) is 11.5 Å². The predicted molar refractivity (Wildman–Crippen MR) is 134 cm³/mol. The van der Waals surface area contributed by atoms with Crippen molar-refractivity contribution in [1.82, 2.24) is 0 Å². The molecular formula is C23H14BrClN4O7. The smallest absolute Gasteiger partial charge is 0.318 e. The van der Waals surface area contributed by atoms with E-state index in [1.807, 2.05) is 6.07 Å². The van der Waals surface area contributed by atoms with Crippen molar-refractivity contribution in [2.75, 3.05) is 12.4 Å². The molecule has 3 aromatic carbocycles. The van der Waals surface area contributed by atoms with Crippen LogP contribution in [0.15, 0.2) is 64.6 Å². The molecule has 0 aliphatic carbocycles. The molecule has 1 N–H and O–H groups in total.